The number of amides is 2. The Bertz CT molecular complexity index is 888. The maximum absolute atomic E-state index is 12.7. The number of methoxy groups -OCH3 is 1. The third kappa shape index (κ3) is 3.35. The number of carbonyl (C=O) groups is 3. The van der Waals surface area contributed by atoms with Crippen molar-refractivity contribution in [2.24, 2.45) is 0 Å². The zero-order valence-corrected chi connectivity index (χ0v) is 15.7. The van der Waals surface area contributed by atoms with Crippen LogP contribution >= 0.6 is 11.3 Å². The van der Waals surface area contributed by atoms with Crippen LogP contribution in [-0.4, -0.2) is 31.4 Å². The number of rotatable bonds is 4. The zero-order chi connectivity index (χ0) is 18.8. The summed E-state index contributed by atoms with van der Waals surface area (Å²) in [5, 5.41) is 3.28. The van der Waals surface area contributed by atoms with Crippen LogP contribution in [0.15, 0.2) is 24.3 Å². The lowest BCUT2D eigenvalue weighted by atomic mass is 10.1. The normalized spacial score (nSPS) is 13.8. The molecule has 0 atom stereocenters. The Labute approximate surface area is 155 Å². The molecule has 1 aromatic carbocycles. The number of anilines is 2. The summed E-state index contributed by atoms with van der Waals surface area (Å²) in [7, 11) is 1.32. The van der Waals surface area contributed by atoms with Gasteiger partial charge in [0, 0.05) is 29.1 Å². The van der Waals surface area contributed by atoms with Gasteiger partial charge >= 0.3 is 5.97 Å². The molecule has 3 rings (SSSR count). The van der Waals surface area contributed by atoms with Gasteiger partial charge in [-0.3, -0.25) is 9.59 Å². The predicted molar refractivity (Wildman–Crippen MR) is 101 cm³/mol. The van der Waals surface area contributed by atoms with Crippen LogP contribution < -0.4 is 10.2 Å². The Morgan fingerprint density at radius 2 is 2.04 bits per heavy atom. The highest BCUT2D eigenvalue weighted by molar-refractivity contribution is 7.16. The average Bonchev–Trinajstić information content (AvgIpc) is 3.18. The number of ether oxygens (including phenoxy) is 1. The van der Waals surface area contributed by atoms with E-state index in [4.69, 9.17) is 4.74 Å². The summed E-state index contributed by atoms with van der Waals surface area (Å²) in [5.74, 6) is -0.733. The van der Waals surface area contributed by atoms with Crippen molar-refractivity contribution < 1.29 is 19.1 Å². The topological polar surface area (TPSA) is 75.7 Å². The van der Waals surface area contributed by atoms with Crippen molar-refractivity contribution in [1.29, 1.82) is 0 Å². The summed E-state index contributed by atoms with van der Waals surface area (Å²) in [5.41, 5.74) is 2.33. The molecule has 0 bridgehead atoms. The van der Waals surface area contributed by atoms with E-state index < -0.39 is 5.97 Å². The van der Waals surface area contributed by atoms with Gasteiger partial charge in [-0.1, -0.05) is 6.07 Å². The number of hydrogen-bond donors (Lipinski definition) is 1. The van der Waals surface area contributed by atoms with Gasteiger partial charge in [0.2, 0.25) is 5.91 Å². The standard InChI is InChI=1S/C19H20N2O4S/c1-11-12(2)26-18(16(11)19(24)25-3)20-17(23)13-6-4-7-14(10-13)21-9-5-8-15(21)22/h4,6-7,10H,5,8-9H2,1-3H3,(H,20,23). The second kappa shape index (κ2) is 7.29. The van der Waals surface area contributed by atoms with E-state index >= 15 is 0 Å². The fraction of sp³-hybridized carbons (Fsp3) is 0.316. The first-order valence-corrected chi connectivity index (χ1v) is 9.14. The minimum absolute atomic E-state index is 0.0695. The van der Waals surface area contributed by atoms with Crippen LogP contribution in [0.25, 0.3) is 0 Å². The van der Waals surface area contributed by atoms with Gasteiger partial charge in [0.25, 0.3) is 5.91 Å². The molecule has 1 N–H and O–H groups in total. The molecule has 0 spiro atoms. The highest BCUT2D eigenvalue weighted by Crippen LogP contribution is 2.33. The van der Waals surface area contributed by atoms with Crippen molar-refractivity contribution in [2.75, 3.05) is 23.9 Å². The fourth-order valence-corrected chi connectivity index (χ4v) is 4.02. The SMILES string of the molecule is COC(=O)c1c(NC(=O)c2cccc(N3CCCC3=O)c2)sc(C)c1C. The van der Waals surface area contributed by atoms with Gasteiger partial charge < -0.3 is 15.0 Å². The smallest absolute Gasteiger partial charge is 0.341 e. The number of carbonyl (C=O) groups excluding carboxylic acids is 3. The molecule has 1 saturated heterocycles. The quantitative estimate of drug-likeness (QED) is 0.833. The monoisotopic (exact) mass is 372 g/mol. The molecule has 2 amide bonds. The minimum Gasteiger partial charge on any atom is -0.465 e. The van der Waals surface area contributed by atoms with Crippen molar-refractivity contribution in [3.8, 4) is 0 Å². The molecule has 26 heavy (non-hydrogen) atoms. The molecule has 1 fully saturated rings. The van der Waals surface area contributed by atoms with Crippen molar-refractivity contribution in [2.45, 2.75) is 26.7 Å². The van der Waals surface area contributed by atoms with Crippen LogP contribution in [0.5, 0.6) is 0 Å². The van der Waals surface area contributed by atoms with E-state index in [2.05, 4.69) is 5.32 Å². The van der Waals surface area contributed by atoms with Crippen molar-refractivity contribution in [3.05, 3.63) is 45.8 Å². The maximum atomic E-state index is 12.7. The summed E-state index contributed by atoms with van der Waals surface area (Å²) < 4.78 is 4.83. The van der Waals surface area contributed by atoms with Gasteiger partial charge in [-0.15, -0.1) is 11.3 Å². The summed E-state index contributed by atoms with van der Waals surface area (Å²) in [6, 6.07) is 6.95. The number of esters is 1. The van der Waals surface area contributed by atoms with Crippen LogP contribution in [0.4, 0.5) is 10.7 Å². The highest BCUT2D eigenvalue weighted by atomic mass is 32.1. The number of hydrogen-bond acceptors (Lipinski definition) is 5. The lowest BCUT2D eigenvalue weighted by Gasteiger charge is -2.16. The summed E-state index contributed by atoms with van der Waals surface area (Å²) in [6.07, 6.45) is 1.36. The van der Waals surface area contributed by atoms with Crippen molar-refractivity contribution in [3.63, 3.8) is 0 Å². The number of thiophene rings is 1. The molecule has 1 aliphatic rings. The van der Waals surface area contributed by atoms with Crippen molar-refractivity contribution in [1.82, 2.24) is 0 Å². The van der Waals surface area contributed by atoms with Crippen LogP contribution in [-0.2, 0) is 9.53 Å². The van der Waals surface area contributed by atoms with Crippen LogP contribution in [0, 0.1) is 13.8 Å². The van der Waals surface area contributed by atoms with Gasteiger partial charge in [-0.05, 0) is 44.0 Å². The molecule has 136 valence electrons. The maximum Gasteiger partial charge on any atom is 0.341 e. The molecule has 2 aromatic rings. The fourth-order valence-electron chi connectivity index (χ4n) is 2.97. The lowest BCUT2D eigenvalue weighted by Crippen LogP contribution is -2.24. The second-order valence-electron chi connectivity index (χ2n) is 6.13. The Morgan fingerprint density at radius 3 is 2.69 bits per heavy atom. The minimum atomic E-state index is -0.474. The van der Waals surface area contributed by atoms with Gasteiger partial charge in [0.1, 0.15) is 5.00 Å². The van der Waals surface area contributed by atoms with Crippen LogP contribution in [0.2, 0.25) is 0 Å². The molecule has 2 heterocycles. The molecular formula is C19H20N2O4S. The lowest BCUT2D eigenvalue weighted by molar-refractivity contribution is -0.117. The number of nitrogens with zero attached hydrogens (tertiary/aromatic N) is 1. The van der Waals surface area contributed by atoms with E-state index in [1.807, 2.05) is 19.9 Å². The van der Waals surface area contributed by atoms with E-state index in [0.29, 0.717) is 34.8 Å². The van der Waals surface area contributed by atoms with Crippen LogP contribution in [0.1, 0.15) is 44.0 Å². The molecule has 7 heteroatoms. The third-order valence-corrected chi connectivity index (χ3v) is 5.62. The number of benzene rings is 1. The van der Waals surface area contributed by atoms with E-state index in [-0.39, 0.29) is 11.8 Å². The number of nitrogens with one attached hydrogen (secondary N) is 1. The third-order valence-electron chi connectivity index (χ3n) is 4.50. The largest absolute Gasteiger partial charge is 0.465 e. The van der Waals surface area contributed by atoms with E-state index in [1.165, 1.54) is 18.4 Å². The first kappa shape index (κ1) is 18.1. The molecule has 0 unspecified atom stereocenters. The predicted octanol–water partition coefficient (Wildman–Crippen LogP) is 3.53. The first-order valence-electron chi connectivity index (χ1n) is 8.32. The van der Waals surface area contributed by atoms with Gasteiger partial charge in [-0.25, -0.2) is 4.79 Å². The molecule has 6 nitrogen and oxygen atoms in total. The van der Waals surface area contributed by atoms with Crippen LogP contribution in [0.3, 0.4) is 0 Å². The Hall–Kier alpha value is -2.67. The Kier molecular flexibility index (Phi) is 5.08. The zero-order valence-electron chi connectivity index (χ0n) is 14.9. The molecule has 1 aromatic heterocycles. The van der Waals surface area contributed by atoms with E-state index in [1.54, 1.807) is 23.1 Å². The second-order valence-corrected chi connectivity index (χ2v) is 7.36. The number of aryl methyl sites for hydroxylation is 1. The summed E-state index contributed by atoms with van der Waals surface area (Å²) in [4.78, 5) is 39.3. The Balaban J connectivity index is 1.86. The molecule has 0 radical (unpaired) electrons. The van der Waals surface area contributed by atoms with E-state index in [0.717, 1.165) is 16.9 Å². The average molecular weight is 372 g/mol. The molecule has 0 saturated carbocycles. The van der Waals surface area contributed by atoms with Gasteiger partial charge in [0.05, 0.1) is 12.7 Å². The highest BCUT2D eigenvalue weighted by Gasteiger charge is 2.24. The van der Waals surface area contributed by atoms with E-state index in [9.17, 15) is 14.4 Å². The van der Waals surface area contributed by atoms with Gasteiger partial charge in [0.15, 0.2) is 0 Å². The first-order chi connectivity index (χ1) is 12.4. The summed E-state index contributed by atoms with van der Waals surface area (Å²) in [6.45, 7) is 4.38. The Morgan fingerprint density at radius 1 is 1.27 bits per heavy atom. The van der Waals surface area contributed by atoms with Crippen molar-refractivity contribution >= 4 is 39.8 Å². The molecular weight excluding hydrogens is 352 g/mol. The van der Waals surface area contributed by atoms with Gasteiger partial charge in [-0.2, -0.15) is 0 Å². The molecule has 0 aliphatic carbocycles. The summed E-state index contributed by atoms with van der Waals surface area (Å²) >= 11 is 1.34. The molecule has 1 aliphatic heterocycles.